The summed E-state index contributed by atoms with van der Waals surface area (Å²) in [5.74, 6) is -0.0380. The minimum atomic E-state index is -0.306. The highest BCUT2D eigenvalue weighted by Crippen LogP contribution is 2.14. The topological polar surface area (TPSA) is 86.9 Å². The molecule has 0 aliphatic carbocycles. The van der Waals surface area contributed by atoms with Gasteiger partial charge < -0.3 is 10.6 Å². The Kier molecular flexibility index (Phi) is 4.89. The predicted molar refractivity (Wildman–Crippen MR) is 73.6 cm³/mol. The van der Waals surface area contributed by atoms with Gasteiger partial charge in [-0.2, -0.15) is 5.10 Å². The van der Waals surface area contributed by atoms with Gasteiger partial charge in [0.2, 0.25) is 5.91 Å². The average Bonchev–Trinajstić information content (AvgIpc) is 2.21. The highest BCUT2D eigenvalue weighted by molar-refractivity contribution is 9.10. The number of nitrogens with one attached hydrogen (secondary N) is 3. The molecule has 0 saturated heterocycles. The number of H-pyrrole nitrogens is 1. The maximum absolute atomic E-state index is 11.6. The Morgan fingerprint density at radius 1 is 1.50 bits per heavy atom. The minimum Gasteiger partial charge on any atom is -0.382 e. The van der Waals surface area contributed by atoms with E-state index in [9.17, 15) is 9.59 Å². The summed E-state index contributed by atoms with van der Waals surface area (Å²) >= 11 is 3.15. The van der Waals surface area contributed by atoms with Crippen molar-refractivity contribution in [1.29, 1.82) is 0 Å². The average molecular weight is 317 g/mol. The number of nitrogens with zero attached hydrogens (tertiary/aromatic N) is 1. The predicted octanol–water partition coefficient (Wildman–Crippen LogP) is 1.25. The molecule has 0 bridgehead atoms. The number of hydrogen-bond acceptors (Lipinski definition) is 4. The molecule has 1 aromatic heterocycles. The number of rotatable bonds is 4. The first-order valence-corrected chi connectivity index (χ1v) is 6.37. The zero-order valence-corrected chi connectivity index (χ0v) is 12.2. The molecule has 18 heavy (non-hydrogen) atoms. The van der Waals surface area contributed by atoms with Crippen LogP contribution in [-0.4, -0.2) is 28.2 Å². The lowest BCUT2D eigenvalue weighted by Crippen LogP contribution is -2.41. The van der Waals surface area contributed by atoms with E-state index < -0.39 is 0 Å². The zero-order valence-electron chi connectivity index (χ0n) is 10.6. The van der Waals surface area contributed by atoms with Crippen molar-refractivity contribution in [1.82, 2.24) is 15.5 Å². The smallest absolute Gasteiger partial charge is 0.280 e. The molecular formula is C11H17BrN4O2. The highest BCUT2D eigenvalue weighted by Gasteiger charge is 2.13. The molecule has 0 atom stereocenters. The van der Waals surface area contributed by atoms with E-state index in [4.69, 9.17) is 0 Å². The first-order valence-electron chi connectivity index (χ1n) is 5.57. The van der Waals surface area contributed by atoms with Gasteiger partial charge in [-0.15, -0.1) is 0 Å². The van der Waals surface area contributed by atoms with Gasteiger partial charge >= 0.3 is 0 Å². The van der Waals surface area contributed by atoms with Gasteiger partial charge in [0.25, 0.3) is 5.56 Å². The van der Waals surface area contributed by atoms with Crippen molar-refractivity contribution in [2.45, 2.75) is 32.7 Å². The number of aromatic amines is 1. The van der Waals surface area contributed by atoms with Crippen LogP contribution in [0.3, 0.4) is 0 Å². The molecule has 3 N–H and O–H groups in total. The first-order chi connectivity index (χ1) is 8.29. The summed E-state index contributed by atoms with van der Waals surface area (Å²) < 4.78 is 0.383. The quantitative estimate of drug-likeness (QED) is 0.780. The summed E-state index contributed by atoms with van der Waals surface area (Å²) in [6.45, 7) is 6.21. The molecule has 7 heteroatoms. The van der Waals surface area contributed by atoms with E-state index in [0.29, 0.717) is 23.1 Å². The number of anilines is 1. The molecule has 0 unspecified atom stereocenters. The Balaban J connectivity index is 2.45. The summed E-state index contributed by atoms with van der Waals surface area (Å²) in [5, 5.41) is 11.8. The number of amides is 1. The van der Waals surface area contributed by atoms with Crippen LogP contribution in [0.25, 0.3) is 0 Å². The normalized spacial score (nSPS) is 11.1. The van der Waals surface area contributed by atoms with E-state index in [1.165, 1.54) is 6.20 Å². The summed E-state index contributed by atoms with van der Waals surface area (Å²) in [5.41, 5.74) is 0.0322. The van der Waals surface area contributed by atoms with Crippen LogP contribution in [0.1, 0.15) is 27.2 Å². The number of carbonyl (C=O) groups excluding carboxylic acids is 1. The minimum absolute atomic E-state index is 0.0380. The summed E-state index contributed by atoms with van der Waals surface area (Å²) in [6.07, 6.45) is 1.82. The third-order valence-electron chi connectivity index (χ3n) is 1.98. The SMILES string of the molecule is CC(C)(C)NC(=O)CCNc1cn[nH]c(=O)c1Br. The second kappa shape index (κ2) is 5.99. The van der Waals surface area contributed by atoms with Crippen LogP contribution < -0.4 is 16.2 Å². The second-order valence-electron chi connectivity index (χ2n) is 4.90. The molecule has 0 aliphatic rings. The van der Waals surface area contributed by atoms with Crippen molar-refractivity contribution in [3.8, 4) is 0 Å². The number of aromatic nitrogens is 2. The van der Waals surface area contributed by atoms with E-state index in [-0.39, 0.29) is 17.0 Å². The van der Waals surface area contributed by atoms with Crippen LogP contribution in [0.2, 0.25) is 0 Å². The summed E-state index contributed by atoms with van der Waals surface area (Å²) in [7, 11) is 0. The van der Waals surface area contributed by atoms with Gasteiger partial charge in [0.15, 0.2) is 0 Å². The van der Waals surface area contributed by atoms with Crippen molar-refractivity contribution >= 4 is 27.5 Å². The molecule has 100 valence electrons. The first kappa shape index (κ1) is 14.7. The van der Waals surface area contributed by atoms with Gasteiger partial charge in [-0.1, -0.05) is 0 Å². The zero-order chi connectivity index (χ0) is 13.8. The number of hydrogen-bond donors (Lipinski definition) is 3. The lowest BCUT2D eigenvalue weighted by molar-refractivity contribution is -0.122. The Morgan fingerprint density at radius 2 is 2.17 bits per heavy atom. The summed E-state index contributed by atoms with van der Waals surface area (Å²) in [6, 6.07) is 0. The second-order valence-corrected chi connectivity index (χ2v) is 5.69. The van der Waals surface area contributed by atoms with Crippen LogP contribution in [0.15, 0.2) is 15.5 Å². The van der Waals surface area contributed by atoms with E-state index in [1.54, 1.807) is 0 Å². The third kappa shape index (κ3) is 4.87. The van der Waals surface area contributed by atoms with Crippen LogP contribution >= 0.6 is 15.9 Å². The van der Waals surface area contributed by atoms with Crippen molar-refractivity contribution in [3.63, 3.8) is 0 Å². The van der Waals surface area contributed by atoms with Gasteiger partial charge in [0.1, 0.15) is 4.47 Å². The van der Waals surface area contributed by atoms with Crippen LogP contribution in [0, 0.1) is 0 Å². The Hall–Kier alpha value is -1.37. The van der Waals surface area contributed by atoms with Gasteiger partial charge in [-0.3, -0.25) is 9.59 Å². The Morgan fingerprint density at radius 3 is 2.78 bits per heavy atom. The Bertz CT molecular complexity index is 479. The lowest BCUT2D eigenvalue weighted by Gasteiger charge is -2.20. The van der Waals surface area contributed by atoms with Gasteiger partial charge in [-0.05, 0) is 36.7 Å². The number of carbonyl (C=O) groups is 1. The molecule has 1 heterocycles. The maximum Gasteiger partial charge on any atom is 0.280 e. The summed E-state index contributed by atoms with van der Waals surface area (Å²) in [4.78, 5) is 22.8. The maximum atomic E-state index is 11.6. The monoisotopic (exact) mass is 316 g/mol. The molecule has 0 aliphatic heterocycles. The molecule has 0 aromatic carbocycles. The van der Waals surface area contributed by atoms with E-state index in [1.807, 2.05) is 20.8 Å². The fourth-order valence-corrected chi connectivity index (χ4v) is 1.63. The standard InChI is InChI=1S/C11H17BrN4O2/c1-11(2,3)15-8(17)4-5-13-7-6-14-16-10(18)9(7)12/h6H,4-5H2,1-3H3,(H,15,17)(H2,13,16,18). The molecule has 0 fully saturated rings. The van der Waals surface area contributed by atoms with Crippen molar-refractivity contribution in [2.24, 2.45) is 0 Å². The molecule has 6 nitrogen and oxygen atoms in total. The van der Waals surface area contributed by atoms with E-state index in [0.717, 1.165) is 0 Å². The van der Waals surface area contributed by atoms with Crippen molar-refractivity contribution < 1.29 is 4.79 Å². The van der Waals surface area contributed by atoms with Crippen LogP contribution in [-0.2, 0) is 4.79 Å². The largest absolute Gasteiger partial charge is 0.382 e. The fourth-order valence-electron chi connectivity index (χ4n) is 1.30. The lowest BCUT2D eigenvalue weighted by atomic mass is 10.1. The van der Waals surface area contributed by atoms with Gasteiger partial charge in [-0.25, -0.2) is 5.10 Å². The van der Waals surface area contributed by atoms with Crippen LogP contribution in [0.5, 0.6) is 0 Å². The van der Waals surface area contributed by atoms with Gasteiger partial charge in [0, 0.05) is 18.5 Å². The molecule has 1 rings (SSSR count). The van der Waals surface area contributed by atoms with Gasteiger partial charge in [0.05, 0.1) is 11.9 Å². The molecule has 0 saturated carbocycles. The molecule has 1 amide bonds. The van der Waals surface area contributed by atoms with Crippen molar-refractivity contribution in [3.05, 3.63) is 21.0 Å². The third-order valence-corrected chi connectivity index (χ3v) is 2.76. The molecule has 0 spiro atoms. The highest BCUT2D eigenvalue weighted by atomic mass is 79.9. The van der Waals surface area contributed by atoms with Crippen molar-refractivity contribution in [2.75, 3.05) is 11.9 Å². The molecule has 1 aromatic rings. The Labute approximate surface area is 114 Å². The van der Waals surface area contributed by atoms with E-state index >= 15 is 0 Å². The molecular weight excluding hydrogens is 300 g/mol. The molecule has 0 radical (unpaired) electrons. The van der Waals surface area contributed by atoms with Crippen LogP contribution in [0.4, 0.5) is 5.69 Å². The fraction of sp³-hybridized carbons (Fsp3) is 0.545. The van der Waals surface area contributed by atoms with E-state index in [2.05, 4.69) is 36.8 Å². The number of halogens is 1.